The maximum absolute atomic E-state index is 11.2. The van der Waals surface area contributed by atoms with Gasteiger partial charge in [-0.3, -0.25) is 4.79 Å². The van der Waals surface area contributed by atoms with E-state index in [0.29, 0.717) is 19.1 Å². The smallest absolute Gasteiger partial charge is 0.233 e. The van der Waals surface area contributed by atoms with Gasteiger partial charge in [-0.1, -0.05) is 13.8 Å². The molecule has 3 N–H and O–H groups in total. The number of hydrogen-bond acceptors (Lipinski definition) is 3. The van der Waals surface area contributed by atoms with Crippen LogP contribution in [0.3, 0.4) is 0 Å². The number of unbranched alkanes of at least 4 members (excludes halogenated alkanes) is 2. The van der Waals surface area contributed by atoms with Crippen LogP contribution in [0.4, 0.5) is 0 Å². The summed E-state index contributed by atoms with van der Waals surface area (Å²) in [7, 11) is 0. The molecule has 0 unspecified atom stereocenters. The van der Waals surface area contributed by atoms with Gasteiger partial charge in [-0.05, 0) is 19.3 Å². The third kappa shape index (κ3) is 9.48. The minimum Gasteiger partial charge on any atom is -0.396 e. The number of aliphatic hydroxyl groups excluding tert-OH is 1. The molecule has 0 heterocycles. The first-order valence-corrected chi connectivity index (χ1v) is 5.27. The molecule has 0 aromatic rings. The predicted molar refractivity (Wildman–Crippen MR) is 57.1 cm³/mol. The van der Waals surface area contributed by atoms with E-state index in [1.165, 1.54) is 0 Å². The van der Waals surface area contributed by atoms with Crippen molar-refractivity contribution in [3.05, 3.63) is 0 Å². The van der Waals surface area contributed by atoms with Crippen molar-refractivity contribution >= 4 is 5.91 Å². The Kier molecular flexibility index (Phi) is 8.57. The molecule has 1 amide bonds. The second-order valence-electron chi connectivity index (χ2n) is 3.67. The van der Waals surface area contributed by atoms with Crippen LogP contribution in [0.5, 0.6) is 0 Å². The largest absolute Gasteiger partial charge is 0.396 e. The zero-order valence-electron chi connectivity index (χ0n) is 9.18. The standard InChI is InChI=1S/C10H22N2O2/c1-9(2)12-8-10(14)11-6-4-3-5-7-13/h9,12-13H,3-8H2,1-2H3,(H,11,14). The third-order valence-corrected chi connectivity index (χ3v) is 1.83. The van der Waals surface area contributed by atoms with Gasteiger partial charge in [0.05, 0.1) is 6.54 Å². The molecule has 4 heteroatoms. The summed E-state index contributed by atoms with van der Waals surface area (Å²) in [6.45, 7) is 5.35. The van der Waals surface area contributed by atoms with Crippen LogP contribution < -0.4 is 10.6 Å². The SMILES string of the molecule is CC(C)NCC(=O)NCCCCCO. The Labute approximate surface area is 86.1 Å². The fourth-order valence-corrected chi connectivity index (χ4v) is 1.00. The van der Waals surface area contributed by atoms with Crippen molar-refractivity contribution in [2.24, 2.45) is 0 Å². The van der Waals surface area contributed by atoms with Crippen LogP contribution in [0.25, 0.3) is 0 Å². The fraction of sp³-hybridized carbons (Fsp3) is 0.900. The van der Waals surface area contributed by atoms with Gasteiger partial charge in [0.25, 0.3) is 0 Å². The van der Waals surface area contributed by atoms with E-state index in [-0.39, 0.29) is 12.5 Å². The number of carbonyl (C=O) groups excluding carboxylic acids is 1. The molecule has 0 rings (SSSR count). The molecule has 0 aliphatic heterocycles. The molecule has 0 aromatic heterocycles. The molecule has 0 spiro atoms. The molecule has 0 saturated carbocycles. The highest BCUT2D eigenvalue weighted by atomic mass is 16.2. The molecule has 0 saturated heterocycles. The van der Waals surface area contributed by atoms with Crippen molar-refractivity contribution in [1.82, 2.24) is 10.6 Å². The lowest BCUT2D eigenvalue weighted by Crippen LogP contribution is -2.37. The van der Waals surface area contributed by atoms with Gasteiger partial charge in [0.1, 0.15) is 0 Å². The summed E-state index contributed by atoms with van der Waals surface area (Å²) in [5, 5.41) is 14.4. The van der Waals surface area contributed by atoms with Crippen LogP contribution in [0.15, 0.2) is 0 Å². The molecule has 0 fully saturated rings. The van der Waals surface area contributed by atoms with Gasteiger partial charge in [0.15, 0.2) is 0 Å². The first-order chi connectivity index (χ1) is 6.66. The summed E-state index contributed by atoms with van der Waals surface area (Å²) >= 11 is 0. The Morgan fingerprint density at radius 2 is 2.00 bits per heavy atom. The molecular weight excluding hydrogens is 180 g/mol. The van der Waals surface area contributed by atoms with E-state index in [1.807, 2.05) is 13.8 Å². The Hall–Kier alpha value is -0.610. The first kappa shape index (κ1) is 13.4. The fourth-order valence-electron chi connectivity index (χ4n) is 1.00. The van der Waals surface area contributed by atoms with E-state index < -0.39 is 0 Å². The highest BCUT2D eigenvalue weighted by Crippen LogP contribution is 1.91. The lowest BCUT2D eigenvalue weighted by molar-refractivity contribution is -0.120. The van der Waals surface area contributed by atoms with Crippen molar-refractivity contribution < 1.29 is 9.90 Å². The molecular formula is C10H22N2O2. The monoisotopic (exact) mass is 202 g/mol. The summed E-state index contributed by atoms with van der Waals surface area (Å²) in [5.41, 5.74) is 0. The van der Waals surface area contributed by atoms with Gasteiger partial charge < -0.3 is 15.7 Å². The van der Waals surface area contributed by atoms with Crippen LogP contribution in [0.2, 0.25) is 0 Å². The van der Waals surface area contributed by atoms with Crippen molar-refractivity contribution in [1.29, 1.82) is 0 Å². The molecule has 0 atom stereocenters. The van der Waals surface area contributed by atoms with Gasteiger partial charge in [-0.25, -0.2) is 0 Å². The zero-order valence-corrected chi connectivity index (χ0v) is 9.18. The Balaban J connectivity index is 3.18. The molecule has 84 valence electrons. The molecule has 0 bridgehead atoms. The third-order valence-electron chi connectivity index (χ3n) is 1.83. The number of nitrogens with one attached hydrogen (secondary N) is 2. The van der Waals surface area contributed by atoms with Crippen molar-refractivity contribution in [3.8, 4) is 0 Å². The first-order valence-electron chi connectivity index (χ1n) is 5.27. The number of aliphatic hydroxyl groups is 1. The maximum atomic E-state index is 11.2. The highest BCUT2D eigenvalue weighted by Gasteiger charge is 2.00. The van der Waals surface area contributed by atoms with Gasteiger partial charge >= 0.3 is 0 Å². The molecule has 0 aliphatic carbocycles. The average molecular weight is 202 g/mol. The van der Waals surface area contributed by atoms with Crippen LogP contribution in [-0.2, 0) is 4.79 Å². The highest BCUT2D eigenvalue weighted by molar-refractivity contribution is 5.77. The van der Waals surface area contributed by atoms with Crippen LogP contribution >= 0.6 is 0 Å². The number of carbonyl (C=O) groups is 1. The normalized spacial score (nSPS) is 10.6. The second-order valence-corrected chi connectivity index (χ2v) is 3.67. The maximum Gasteiger partial charge on any atom is 0.233 e. The van der Waals surface area contributed by atoms with Gasteiger partial charge in [0, 0.05) is 19.2 Å². The summed E-state index contributed by atoms with van der Waals surface area (Å²) in [6, 6.07) is 0.343. The molecule has 0 radical (unpaired) electrons. The quantitative estimate of drug-likeness (QED) is 0.495. The van der Waals surface area contributed by atoms with Crippen LogP contribution in [0.1, 0.15) is 33.1 Å². The predicted octanol–water partition coefficient (Wildman–Crippen LogP) is 0.263. The van der Waals surface area contributed by atoms with Crippen molar-refractivity contribution in [2.45, 2.75) is 39.2 Å². The van der Waals surface area contributed by atoms with Gasteiger partial charge in [-0.15, -0.1) is 0 Å². The summed E-state index contributed by atoms with van der Waals surface area (Å²) < 4.78 is 0. The molecule has 0 aliphatic rings. The van der Waals surface area contributed by atoms with E-state index in [0.717, 1.165) is 19.3 Å². The Bertz CT molecular complexity index is 149. The van der Waals surface area contributed by atoms with E-state index in [2.05, 4.69) is 10.6 Å². The Morgan fingerprint density at radius 1 is 1.29 bits per heavy atom. The average Bonchev–Trinajstić information content (AvgIpc) is 2.14. The number of hydrogen-bond donors (Lipinski definition) is 3. The lowest BCUT2D eigenvalue weighted by atomic mass is 10.2. The molecule has 14 heavy (non-hydrogen) atoms. The lowest BCUT2D eigenvalue weighted by Gasteiger charge is -2.08. The van der Waals surface area contributed by atoms with Crippen molar-refractivity contribution in [3.63, 3.8) is 0 Å². The van der Waals surface area contributed by atoms with E-state index in [1.54, 1.807) is 0 Å². The Morgan fingerprint density at radius 3 is 2.57 bits per heavy atom. The summed E-state index contributed by atoms with van der Waals surface area (Å²) in [4.78, 5) is 11.2. The number of rotatable bonds is 8. The van der Waals surface area contributed by atoms with E-state index in [4.69, 9.17) is 5.11 Å². The second kappa shape index (κ2) is 8.97. The zero-order chi connectivity index (χ0) is 10.8. The van der Waals surface area contributed by atoms with E-state index in [9.17, 15) is 4.79 Å². The molecule has 0 aromatic carbocycles. The number of amides is 1. The van der Waals surface area contributed by atoms with Gasteiger partial charge in [0.2, 0.25) is 5.91 Å². The van der Waals surface area contributed by atoms with Gasteiger partial charge in [-0.2, -0.15) is 0 Å². The summed E-state index contributed by atoms with van der Waals surface area (Å²) in [6.07, 6.45) is 2.72. The van der Waals surface area contributed by atoms with Crippen LogP contribution in [0, 0.1) is 0 Å². The summed E-state index contributed by atoms with van der Waals surface area (Å²) in [5.74, 6) is 0.0442. The van der Waals surface area contributed by atoms with Crippen LogP contribution in [-0.4, -0.2) is 36.8 Å². The topological polar surface area (TPSA) is 61.4 Å². The van der Waals surface area contributed by atoms with Crippen molar-refractivity contribution in [2.75, 3.05) is 19.7 Å². The minimum absolute atomic E-state index is 0.0442. The molecule has 4 nitrogen and oxygen atoms in total. The van der Waals surface area contributed by atoms with E-state index >= 15 is 0 Å². The minimum atomic E-state index is 0.0442.